The Morgan fingerprint density at radius 3 is 2.46 bits per heavy atom. The Hall–Kier alpha value is -1.76. The number of nitrogens with zero attached hydrogens (tertiary/aromatic N) is 4. The number of furan rings is 1. The minimum Gasteiger partial charge on any atom is -0.467 e. The maximum Gasteiger partial charge on any atom is 0.233 e. The standard InChI is InChI=1S/C21H28N4O2S/c1-14-22-23-20(24(14)2)28-13-19(26)25(12-18-4-3-5-27-18)21-9-15-6-16(10-21)8-17(7-15)11-21/h3-5,15-17H,6-13H2,1-2H3. The molecule has 7 heteroatoms. The number of rotatable bonds is 6. The zero-order valence-electron chi connectivity index (χ0n) is 16.6. The van der Waals surface area contributed by atoms with Gasteiger partial charge in [0.15, 0.2) is 5.16 Å². The van der Waals surface area contributed by atoms with E-state index in [1.165, 1.54) is 50.3 Å². The molecule has 4 aliphatic carbocycles. The van der Waals surface area contributed by atoms with Crippen LogP contribution in [-0.4, -0.2) is 36.9 Å². The maximum atomic E-state index is 13.5. The number of aromatic nitrogens is 3. The summed E-state index contributed by atoms with van der Waals surface area (Å²) >= 11 is 1.49. The highest BCUT2D eigenvalue weighted by Gasteiger charge is 2.54. The van der Waals surface area contributed by atoms with E-state index in [0.29, 0.717) is 12.3 Å². The Morgan fingerprint density at radius 1 is 1.25 bits per heavy atom. The lowest BCUT2D eigenvalue weighted by molar-refractivity contribution is -0.150. The van der Waals surface area contributed by atoms with Crippen LogP contribution >= 0.6 is 11.8 Å². The lowest BCUT2D eigenvalue weighted by Crippen LogP contribution is -2.61. The molecule has 0 aliphatic heterocycles. The average Bonchev–Trinajstić information content (AvgIpc) is 3.27. The summed E-state index contributed by atoms with van der Waals surface area (Å²) < 4.78 is 7.58. The highest BCUT2D eigenvalue weighted by molar-refractivity contribution is 7.99. The van der Waals surface area contributed by atoms with Crippen molar-refractivity contribution in [1.82, 2.24) is 19.7 Å². The Kier molecular flexibility index (Phi) is 4.53. The first-order valence-corrected chi connectivity index (χ1v) is 11.3. The van der Waals surface area contributed by atoms with Gasteiger partial charge in [0.2, 0.25) is 5.91 Å². The number of carbonyl (C=O) groups is 1. The number of amides is 1. The molecule has 2 heterocycles. The summed E-state index contributed by atoms with van der Waals surface area (Å²) in [5.74, 6) is 4.73. The summed E-state index contributed by atoms with van der Waals surface area (Å²) in [6.07, 6.45) is 9.31. The van der Waals surface area contributed by atoms with E-state index < -0.39 is 0 Å². The second kappa shape index (κ2) is 6.94. The lowest BCUT2D eigenvalue weighted by atomic mass is 9.52. The fourth-order valence-electron chi connectivity index (χ4n) is 6.19. The fourth-order valence-corrected chi connectivity index (χ4v) is 7.02. The summed E-state index contributed by atoms with van der Waals surface area (Å²) in [5, 5.41) is 9.11. The summed E-state index contributed by atoms with van der Waals surface area (Å²) in [5.41, 5.74) is 0.0228. The third-order valence-electron chi connectivity index (χ3n) is 7.15. The predicted octanol–water partition coefficient (Wildman–Crippen LogP) is 3.81. The third-order valence-corrected chi connectivity index (χ3v) is 8.16. The van der Waals surface area contributed by atoms with Crippen molar-refractivity contribution < 1.29 is 9.21 Å². The molecule has 28 heavy (non-hydrogen) atoms. The van der Waals surface area contributed by atoms with Crippen molar-refractivity contribution in [2.24, 2.45) is 24.8 Å². The highest BCUT2D eigenvalue weighted by atomic mass is 32.2. The summed E-state index contributed by atoms with van der Waals surface area (Å²) in [6, 6.07) is 3.90. The van der Waals surface area contributed by atoms with Crippen LogP contribution in [0.2, 0.25) is 0 Å². The van der Waals surface area contributed by atoms with Crippen LogP contribution in [0.1, 0.15) is 50.1 Å². The Morgan fingerprint density at radius 2 is 1.93 bits per heavy atom. The zero-order valence-corrected chi connectivity index (χ0v) is 17.5. The summed E-state index contributed by atoms with van der Waals surface area (Å²) in [7, 11) is 1.95. The predicted molar refractivity (Wildman–Crippen MR) is 107 cm³/mol. The number of hydrogen-bond donors (Lipinski definition) is 0. The van der Waals surface area contributed by atoms with Gasteiger partial charge in [-0.1, -0.05) is 11.8 Å². The molecule has 0 N–H and O–H groups in total. The molecular weight excluding hydrogens is 372 g/mol. The number of thioether (sulfide) groups is 1. The Balaban J connectivity index is 1.38. The molecule has 2 aromatic heterocycles. The van der Waals surface area contributed by atoms with E-state index in [9.17, 15) is 4.79 Å². The first kappa shape index (κ1) is 18.3. The van der Waals surface area contributed by atoms with Crippen LogP contribution in [0.15, 0.2) is 28.0 Å². The number of aryl methyl sites for hydroxylation is 1. The van der Waals surface area contributed by atoms with Crippen LogP contribution in [0, 0.1) is 24.7 Å². The smallest absolute Gasteiger partial charge is 0.233 e. The van der Waals surface area contributed by atoms with Gasteiger partial charge in [-0.3, -0.25) is 4.79 Å². The van der Waals surface area contributed by atoms with Crippen LogP contribution < -0.4 is 0 Å². The molecular formula is C21H28N4O2S. The molecule has 0 unspecified atom stereocenters. The van der Waals surface area contributed by atoms with Crippen molar-refractivity contribution in [2.45, 2.75) is 62.7 Å². The van der Waals surface area contributed by atoms with Crippen LogP contribution in [0.4, 0.5) is 0 Å². The van der Waals surface area contributed by atoms with Crippen LogP contribution in [0.25, 0.3) is 0 Å². The van der Waals surface area contributed by atoms with Crippen molar-refractivity contribution in [1.29, 1.82) is 0 Å². The molecule has 4 fully saturated rings. The first-order chi connectivity index (χ1) is 13.5. The quantitative estimate of drug-likeness (QED) is 0.690. The minimum absolute atomic E-state index is 0.0228. The van der Waals surface area contributed by atoms with E-state index in [0.717, 1.165) is 34.5 Å². The highest BCUT2D eigenvalue weighted by Crippen LogP contribution is 2.58. The molecule has 4 aliphatic rings. The van der Waals surface area contributed by atoms with Crippen LogP contribution in [0.5, 0.6) is 0 Å². The summed E-state index contributed by atoms with van der Waals surface area (Å²) in [4.78, 5) is 15.7. The Labute approximate surface area is 170 Å². The SMILES string of the molecule is Cc1nnc(SCC(=O)N(Cc2ccco2)C23CC4CC(CC(C4)C2)C3)n1C. The van der Waals surface area contributed by atoms with E-state index in [1.54, 1.807) is 6.26 Å². The van der Waals surface area contributed by atoms with Crippen molar-refractivity contribution in [3.05, 3.63) is 30.0 Å². The number of hydrogen-bond acceptors (Lipinski definition) is 5. The van der Waals surface area contributed by atoms with E-state index in [1.807, 2.05) is 30.7 Å². The van der Waals surface area contributed by atoms with E-state index in [4.69, 9.17) is 4.42 Å². The Bertz CT molecular complexity index is 825. The second-order valence-corrected chi connectivity index (χ2v) is 10.0. The van der Waals surface area contributed by atoms with Gasteiger partial charge in [-0.05, 0) is 75.3 Å². The van der Waals surface area contributed by atoms with E-state index >= 15 is 0 Å². The molecule has 0 atom stereocenters. The first-order valence-electron chi connectivity index (χ1n) is 10.3. The van der Waals surface area contributed by atoms with Gasteiger partial charge in [0.05, 0.1) is 18.6 Å². The zero-order chi connectivity index (χ0) is 19.3. The molecule has 0 radical (unpaired) electrons. The van der Waals surface area contributed by atoms with Crippen molar-refractivity contribution in [3.8, 4) is 0 Å². The average molecular weight is 401 g/mol. The van der Waals surface area contributed by atoms with Gasteiger partial charge in [0.1, 0.15) is 11.6 Å². The van der Waals surface area contributed by atoms with Crippen molar-refractivity contribution in [2.75, 3.05) is 5.75 Å². The van der Waals surface area contributed by atoms with Gasteiger partial charge in [-0.2, -0.15) is 0 Å². The van der Waals surface area contributed by atoms with Crippen molar-refractivity contribution >= 4 is 17.7 Å². The molecule has 2 aromatic rings. The normalized spacial score (nSPS) is 30.7. The third kappa shape index (κ3) is 3.17. The summed E-state index contributed by atoms with van der Waals surface area (Å²) in [6.45, 7) is 2.51. The lowest BCUT2D eigenvalue weighted by Gasteiger charge is -2.60. The van der Waals surface area contributed by atoms with Gasteiger partial charge < -0.3 is 13.9 Å². The molecule has 6 nitrogen and oxygen atoms in total. The molecule has 6 rings (SSSR count). The largest absolute Gasteiger partial charge is 0.467 e. The monoisotopic (exact) mass is 400 g/mol. The maximum absolute atomic E-state index is 13.5. The topological polar surface area (TPSA) is 64.2 Å². The molecule has 4 bridgehead atoms. The van der Waals surface area contributed by atoms with Crippen LogP contribution in [0.3, 0.4) is 0 Å². The van der Waals surface area contributed by atoms with Gasteiger partial charge >= 0.3 is 0 Å². The number of carbonyl (C=O) groups excluding carboxylic acids is 1. The molecule has 1 amide bonds. The van der Waals surface area contributed by atoms with Crippen LogP contribution in [-0.2, 0) is 18.4 Å². The second-order valence-electron chi connectivity index (χ2n) is 9.08. The van der Waals surface area contributed by atoms with Gasteiger partial charge in [0, 0.05) is 12.6 Å². The molecule has 0 aromatic carbocycles. The van der Waals surface area contributed by atoms with Gasteiger partial charge in [-0.15, -0.1) is 10.2 Å². The van der Waals surface area contributed by atoms with Gasteiger partial charge in [0.25, 0.3) is 0 Å². The molecule has 4 saturated carbocycles. The van der Waals surface area contributed by atoms with Crippen molar-refractivity contribution in [3.63, 3.8) is 0 Å². The van der Waals surface area contributed by atoms with E-state index in [2.05, 4.69) is 15.1 Å². The fraction of sp³-hybridized carbons (Fsp3) is 0.667. The van der Waals surface area contributed by atoms with E-state index in [-0.39, 0.29) is 11.4 Å². The molecule has 0 saturated heterocycles. The van der Waals surface area contributed by atoms with Gasteiger partial charge in [-0.25, -0.2) is 0 Å². The molecule has 150 valence electrons. The molecule has 0 spiro atoms. The minimum atomic E-state index is 0.0228.